The molecule has 1 aromatic rings. The molecule has 0 saturated heterocycles. The normalized spacial score (nSPS) is 14.6. The van der Waals surface area contributed by atoms with Crippen molar-refractivity contribution in [3.8, 4) is 5.75 Å². The van der Waals surface area contributed by atoms with Crippen molar-refractivity contribution in [3.05, 3.63) is 24.3 Å². The SMILES string of the molecule is CN1Oc2ccccc2N=C1CCl. The number of halogens is 1. The van der Waals surface area contributed by atoms with Crippen molar-refractivity contribution in [2.45, 2.75) is 0 Å². The van der Waals surface area contributed by atoms with E-state index in [-0.39, 0.29) is 0 Å². The van der Waals surface area contributed by atoms with Crippen LogP contribution in [-0.4, -0.2) is 23.8 Å². The summed E-state index contributed by atoms with van der Waals surface area (Å²) >= 11 is 5.69. The molecule has 3 nitrogen and oxygen atoms in total. The molecule has 68 valence electrons. The number of nitrogens with zero attached hydrogens (tertiary/aromatic N) is 2. The largest absolute Gasteiger partial charge is 0.376 e. The Balaban J connectivity index is 2.44. The average Bonchev–Trinajstić information content (AvgIpc) is 2.17. The lowest BCUT2D eigenvalue weighted by Crippen LogP contribution is -2.33. The molecule has 1 heterocycles. The monoisotopic (exact) mass is 196 g/mol. The van der Waals surface area contributed by atoms with Crippen molar-refractivity contribution in [1.82, 2.24) is 5.06 Å². The standard InChI is InChI=1S/C9H9ClN2O/c1-12-9(6-10)11-7-4-2-3-5-8(7)13-12/h2-5H,6H2,1H3. The molecule has 0 unspecified atom stereocenters. The van der Waals surface area contributed by atoms with Crippen LogP contribution in [0, 0.1) is 0 Å². The van der Waals surface area contributed by atoms with Crippen LogP contribution in [0.4, 0.5) is 5.69 Å². The Kier molecular flexibility index (Phi) is 2.10. The molecule has 0 aliphatic carbocycles. The van der Waals surface area contributed by atoms with Gasteiger partial charge in [0, 0.05) is 7.05 Å². The summed E-state index contributed by atoms with van der Waals surface area (Å²) in [5.74, 6) is 1.84. The van der Waals surface area contributed by atoms with E-state index in [0.717, 1.165) is 17.3 Å². The number of benzene rings is 1. The molecule has 0 bridgehead atoms. The lowest BCUT2D eigenvalue weighted by Gasteiger charge is -2.24. The third-order valence-electron chi connectivity index (χ3n) is 1.83. The van der Waals surface area contributed by atoms with Crippen LogP contribution in [0.2, 0.25) is 0 Å². The maximum atomic E-state index is 5.69. The minimum Gasteiger partial charge on any atom is -0.376 e. The number of fused-ring (bicyclic) bond motifs is 1. The first-order chi connectivity index (χ1) is 6.31. The second kappa shape index (κ2) is 3.26. The van der Waals surface area contributed by atoms with Crippen LogP contribution >= 0.6 is 11.6 Å². The highest BCUT2D eigenvalue weighted by molar-refractivity contribution is 6.28. The smallest absolute Gasteiger partial charge is 0.181 e. The third-order valence-corrected chi connectivity index (χ3v) is 2.07. The zero-order chi connectivity index (χ0) is 9.26. The first-order valence-electron chi connectivity index (χ1n) is 3.95. The van der Waals surface area contributed by atoms with E-state index in [1.165, 1.54) is 0 Å². The average molecular weight is 197 g/mol. The fourth-order valence-electron chi connectivity index (χ4n) is 1.15. The number of para-hydroxylation sites is 2. The predicted octanol–water partition coefficient (Wildman–Crippen LogP) is 2.19. The number of alkyl halides is 1. The molecule has 0 spiro atoms. The van der Waals surface area contributed by atoms with E-state index in [1.54, 1.807) is 12.1 Å². The zero-order valence-corrected chi connectivity index (χ0v) is 7.95. The van der Waals surface area contributed by atoms with E-state index in [4.69, 9.17) is 16.4 Å². The third kappa shape index (κ3) is 1.47. The summed E-state index contributed by atoms with van der Waals surface area (Å²) in [4.78, 5) is 9.78. The second-order valence-electron chi connectivity index (χ2n) is 2.72. The van der Waals surface area contributed by atoms with Crippen molar-refractivity contribution in [2.75, 3.05) is 12.9 Å². The van der Waals surface area contributed by atoms with Crippen LogP contribution in [0.3, 0.4) is 0 Å². The van der Waals surface area contributed by atoms with Crippen LogP contribution in [0.5, 0.6) is 5.75 Å². The van der Waals surface area contributed by atoms with E-state index in [1.807, 2.05) is 24.3 Å². The molecule has 1 aliphatic rings. The Morgan fingerprint density at radius 1 is 1.46 bits per heavy atom. The van der Waals surface area contributed by atoms with Crippen molar-refractivity contribution in [2.24, 2.45) is 4.99 Å². The van der Waals surface area contributed by atoms with Crippen LogP contribution in [-0.2, 0) is 0 Å². The maximum Gasteiger partial charge on any atom is 0.181 e. The van der Waals surface area contributed by atoms with E-state index < -0.39 is 0 Å². The molecule has 0 amide bonds. The maximum absolute atomic E-state index is 5.69. The summed E-state index contributed by atoms with van der Waals surface area (Å²) in [7, 11) is 1.79. The highest BCUT2D eigenvalue weighted by atomic mass is 35.5. The highest BCUT2D eigenvalue weighted by Crippen LogP contribution is 2.30. The van der Waals surface area contributed by atoms with Gasteiger partial charge in [-0.2, -0.15) is 5.06 Å². The van der Waals surface area contributed by atoms with Gasteiger partial charge in [0.05, 0.1) is 5.88 Å². The molecule has 1 aromatic carbocycles. The molecule has 0 saturated carbocycles. The molecule has 0 radical (unpaired) electrons. The van der Waals surface area contributed by atoms with Gasteiger partial charge in [0.15, 0.2) is 11.6 Å². The van der Waals surface area contributed by atoms with Gasteiger partial charge in [0.25, 0.3) is 0 Å². The van der Waals surface area contributed by atoms with Gasteiger partial charge in [-0.15, -0.1) is 11.6 Å². The summed E-state index contributed by atoms with van der Waals surface area (Å²) < 4.78 is 0. The number of amidine groups is 1. The van der Waals surface area contributed by atoms with Gasteiger partial charge in [0.1, 0.15) is 5.69 Å². The molecule has 0 fully saturated rings. The van der Waals surface area contributed by atoms with Crippen LogP contribution in [0.1, 0.15) is 0 Å². The number of hydroxylamine groups is 2. The van der Waals surface area contributed by atoms with Gasteiger partial charge < -0.3 is 4.84 Å². The molecular formula is C9H9ClN2O. The number of hydrogen-bond donors (Lipinski definition) is 0. The molecule has 1 aliphatic heterocycles. The van der Waals surface area contributed by atoms with E-state index in [0.29, 0.717) is 5.88 Å². The molecule has 0 atom stereocenters. The number of aliphatic imine (C=N–C) groups is 1. The van der Waals surface area contributed by atoms with Gasteiger partial charge in [-0.25, -0.2) is 4.99 Å². The quantitative estimate of drug-likeness (QED) is 0.644. The van der Waals surface area contributed by atoms with Crippen LogP contribution in [0.25, 0.3) is 0 Å². The van der Waals surface area contributed by atoms with Gasteiger partial charge in [0.2, 0.25) is 0 Å². The van der Waals surface area contributed by atoms with Crippen LogP contribution in [0.15, 0.2) is 29.3 Å². The molecular weight excluding hydrogens is 188 g/mol. The van der Waals surface area contributed by atoms with Crippen molar-refractivity contribution in [1.29, 1.82) is 0 Å². The summed E-state index contributed by atoms with van der Waals surface area (Å²) in [6, 6.07) is 7.60. The summed E-state index contributed by atoms with van der Waals surface area (Å²) in [6.45, 7) is 0. The van der Waals surface area contributed by atoms with Crippen molar-refractivity contribution in [3.63, 3.8) is 0 Å². The van der Waals surface area contributed by atoms with E-state index in [2.05, 4.69) is 4.99 Å². The van der Waals surface area contributed by atoms with Gasteiger partial charge in [-0.1, -0.05) is 12.1 Å². The van der Waals surface area contributed by atoms with Crippen molar-refractivity contribution >= 4 is 23.1 Å². The Labute approximate surface area is 81.5 Å². The van der Waals surface area contributed by atoms with Gasteiger partial charge >= 0.3 is 0 Å². The van der Waals surface area contributed by atoms with Gasteiger partial charge in [-0.3, -0.25) is 0 Å². The van der Waals surface area contributed by atoms with E-state index >= 15 is 0 Å². The molecule has 4 heteroatoms. The lowest BCUT2D eigenvalue weighted by molar-refractivity contribution is 0.0439. The minimum absolute atomic E-state index is 0.352. The Morgan fingerprint density at radius 3 is 3.00 bits per heavy atom. The number of rotatable bonds is 1. The first-order valence-corrected chi connectivity index (χ1v) is 4.49. The highest BCUT2D eigenvalue weighted by Gasteiger charge is 2.16. The fraction of sp³-hybridized carbons (Fsp3) is 0.222. The predicted molar refractivity (Wildman–Crippen MR) is 52.6 cm³/mol. The van der Waals surface area contributed by atoms with Crippen molar-refractivity contribution < 1.29 is 4.84 Å². The fourth-order valence-corrected chi connectivity index (χ4v) is 1.38. The second-order valence-corrected chi connectivity index (χ2v) is 2.99. The summed E-state index contributed by atoms with van der Waals surface area (Å²) in [5.41, 5.74) is 0.830. The Bertz CT molecular complexity index is 351. The zero-order valence-electron chi connectivity index (χ0n) is 7.20. The Hall–Kier alpha value is -1.22. The Morgan fingerprint density at radius 2 is 2.23 bits per heavy atom. The van der Waals surface area contributed by atoms with E-state index in [9.17, 15) is 0 Å². The lowest BCUT2D eigenvalue weighted by atomic mass is 10.3. The molecule has 13 heavy (non-hydrogen) atoms. The number of hydrogen-bond acceptors (Lipinski definition) is 3. The minimum atomic E-state index is 0.352. The summed E-state index contributed by atoms with van der Waals surface area (Å²) in [5, 5.41) is 1.58. The topological polar surface area (TPSA) is 24.8 Å². The van der Waals surface area contributed by atoms with Gasteiger partial charge in [-0.05, 0) is 12.1 Å². The van der Waals surface area contributed by atoms with Crippen LogP contribution < -0.4 is 4.84 Å². The molecule has 2 rings (SSSR count). The summed E-state index contributed by atoms with van der Waals surface area (Å²) in [6.07, 6.45) is 0. The molecule has 0 aromatic heterocycles. The molecule has 0 N–H and O–H groups in total. The first kappa shape index (κ1) is 8.38.